The van der Waals surface area contributed by atoms with Crippen molar-refractivity contribution in [2.75, 3.05) is 12.9 Å². The molecule has 174 valence electrons. The van der Waals surface area contributed by atoms with Crippen LogP contribution in [-0.4, -0.2) is 72.9 Å². The summed E-state index contributed by atoms with van der Waals surface area (Å²) in [6.45, 7) is 6.05. The normalized spacial score (nSPS) is 31.8. The van der Waals surface area contributed by atoms with Gasteiger partial charge < -0.3 is 18.9 Å². The van der Waals surface area contributed by atoms with Crippen LogP contribution in [0.3, 0.4) is 0 Å². The number of cyclic esters (lactones) is 1. The standard InChI is InChI=1S/C19H23BrN4O7S/c1-9(25)28-13-11(20)10(6-27-19(4)30-17(26)18(2,3)31-19)29-16(13)24-8-23-12-14(24)21-7-22-15(12)32-5/h7-8,10-11,13,16H,6H2,1-5H3/t10-,11+,13-,16-,19?/m1/s1. The fourth-order valence-corrected chi connectivity index (χ4v) is 4.78. The number of halogens is 1. The van der Waals surface area contributed by atoms with Crippen LogP contribution in [0.4, 0.5) is 0 Å². The quantitative estimate of drug-likeness (QED) is 0.236. The highest BCUT2D eigenvalue weighted by Gasteiger charge is 2.53. The molecule has 0 amide bonds. The van der Waals surface area contributed by atoms with Crippen molar-refractivity contribution in [1.82, 2.24) is 19.5 Å². The molecule has 0 bridgehead atoms. The van der Waals surface area contributed by atoms with Gasteiger partial charge in [-0.1, -0.05) is 15.9 Å². The van der Waals surface area contributed by atoms with Gasteiger partial charge in [-0.15, -0.1) is 11.8 Å². The Morgan fingerprint density at radius 3 is 2.69 bits per heavy atom. The van der Waals surface area contributed by atoms with Crippen molar-refractivity contribution in [1.29, 1.82) is 0 Å². The second-order valence-corrected chi connectivity index (χ2v) is 9.82. The van der Waals surface area contributed by atoms with Gasteiger partial charge in [0.25, 0.3) is 0 Å². The van der Waals surface area contributed by atoms with E-state index in [2.05, 4.69) is 30.9 Å². The number of hydrogen-bond donors (Lipinski definition) is 0. The third-order valence-electron chi connectivity index (χ3n) is 5.08. The summed E-state index contributed by atoms with van der Waals surface area (Å²) in [7, 11) is 0. The zero-order chi connectivity index (χ0) is 23.3. The van der Waals surface area contributed by atoms with Crippen LogP contribution < -0.4 is 0 Å². The number of fused-ring (bicyclic) bond motifs is 1. The van der Waals surface area contributed by atoms with Crippen LogP contribution in [0.25, 0.3) is 11.2 Å². The van der Waals surface area contributed by atoms with Gasteiger partial charge in [-0.25, -0.2) is 19.7 Å². The first kappa shape index (κ1) is 23.4. The molecule has 0 aliphatic carbocycles. The van der Waals surface area contributed by atoms with Crippen LogP contribution >= 0.6 is 27.7 Å². The zero-order valence-corrected chi connectivity index (χ0v) is 20.5. The summed E-state index contributed by atoms with van der Waals surface area (Å²) in [5.41, 5.74) is 0.0540. The summed E-state index contributed by atoms with van der Waals surface area (Å²) in [5.74, 6) is -2.53. The van der Waals surface area contributed by atoms with Gasteiger partial charge in [-0.05, 0) is 20.1 Å². The Morgan fingerprint density at radius 2 is 2.06 bits per heavy atom. The Bertz CT molecular complexity index is 1050. The van der Waals surface area contributed by atoms with Crippen molar-refractivity contribution in [2.45, 2.75) is 67.6 Å². The Hall–Kier alpha value is -1.80. The van der Waals surface area contributed by atoms with Crippen molar-refractivity contribution in [3.63, 3.8) is 0 Å². The molecule has 13 heteroatoms. The number of aromatic nitrogens is 4. The van der Waals surface area contributed by atoms with Crippen molar-refractivity contribution in [2.24, 2.45) is 0 Å². The van der Waals surface area contributed by atoms with E-state index in [1.807, 2.05) is 6.26 Å². The van der Waals surface area contributed by atoms with E-state index in [0.29, 0.717) is 11.2 Å². The lowest BCUT2D eigenvalue weighted by Gasteiger charge is -2.25. The van der Waals surface area contributed by atoms with Crippen molar-refractivity contribution in [3.05, 3.63) is 12.7 Å². The van der Waals surface area contributed by atoms with E-state index in [4.69, 9.17) is 23.7 Å². The highest BCUT2D eigenvalue weighted by Crippen LogP contribution is 2.40. The highest BCUT2D eigenvalue weighted by molar-refractivity contribution is 9.09. The maximum Gasteiger partial charge on any atom is 0.342 e. The minimum absolute atomic E-state index is 0.00170. The molecule has 0 N–H and O–H groups in total. The lowest BCUT2D eigenvalue weighted by molar-refractivity contribution is -0.334. The molecule has 2 aliphatic heterocycles. The zero-order valence-electron chi connectivity index (χ0n) is 18.1. The third kappa shape index (κ3) is 4.23. The number of carbonyl (C=O) groups is 2. The molecule has 2 aromatic heterocycles. The van der Waals surface area contributed by atoms with Crippen molar-refractivity contribution >= 4 is 50.8 Å². The fourth-order valence-electron chi connectivity index (χ4n) is 3.65. The summed E-state index contributed by atoms with van der Waals surface area (Å²) in [5, 5.41) is 0.724. The molecule has 2 aliphatic rings. The monoisotopic (exact) mass is 530 g/mol. The molecule has 32 heavy (non-hydrogen) atoms. The minimum atomic E-state index is -1.55. The predicted octanol–water partition coefficient (Wildman–Crippen LogP) is 2.18. The molecule has 0 spiro atoms. The Kier molecular flexibility index (Phi) is 6.22. The molecule has 11 nitrogen and oxygen atoms in total. The highest BCUT2D eigenvalue weighted by atomic mass is 79.9. The lowest BCUT2D eigenvalue weighted by atomic mass is 10.1. The molecule has 2 fully saturated rings. The predicted molar refractivity (Wildman–Crippen MR) is 115 cm³/mol. The second-order valence-electron chi connectivity index (χ2n) is 7.97. The second kappa shape index (κ2) is 8.52. The third-order valence-corrected chi connectivity index (χ3v) is 6.88. The molecule has 4 rings (SSSR count). The van der Waals surface area contributed by atoms with E-state index in [9.17, 15) is 9.59 Å². The number of esters is 2. The lowest BCUT2D eigenvalue weighted by Crippen LogP contribution is -2.38. The van der Waals surface area contributed by atoms with Crippen LogP contribution in [0.5, 0.6) is 0 Å². The average Bonchev–Trinajstić information content (AvgIpc) is 3.33. The maximum absolute atomic E-state index is 12.0. The number of ether oxygens (including phenoxy) is 5. The molecular formula is C19H23BrN4O7S. The number of alkyl halides is 1. The first-order chi connectivity index (χ1) is 15.0. The molecule has 0 aromatic carbocycles. The van der Waals surface area contributed by atoms with Gasteiger partial charge in [0.15, 0.2) is 23.6 Å². The summed E-state index contributed by atoms with van der Waals surface area (Å²) >= 11 is 5.03. The Labute approximate surface area is 196 Å². The molecule has 2 aromatic rings. The molecule has 0 radical (unpaired) electrons. The van der Waals surface area contributed by atoms with Gasteiger partial charge in [0, 0.05) is 13.8 Å². The molecule has 0 saturated carbocycles. The first-order valence-electron chi connectivity index (χ1n) is 9.80. The van der Waals surface area contributed by atoms with Crippen LogP contribution in [0.2, 0.25) is 0 Å². The smallest absolute Gasteiger partial charge is 0.342 e. The van der Waals surface area contributed by atoms with Crippen molar-refractivity contribution < 1.29 is 33.3 Å². The number of hydrogen-bond acceptors (Lipinski definition) is 11. The van der Waals surface area contributed by atoms with E-state index in [0.717, 1.165) is 5.03 Å². The van der Waals surface area contributed by atoms with Crippen molar-refractivity contribution in [3.8, 4) is 0 Å². The van der Waals surface area contributed by atoms with Crippen LogP contribution in [0, 0.1) is 0 Å². The van der Waals surface area contributed by atoms with Gasteiger partial charge >= 0.3 is 17.9 Å². The minimum Gasteiger partial charge on any atom is -0.456 e. The summed E-state index contributed by atoms with van der Waals surface area (Å²) in [6.07, 6.45) is 2.95. The molecule has 5 atom stereocenters. The van der Waals surface area contributed by atoms with Gasteiger partial charge in [0.2, 0.25) is 0 Å². The Balaban J connectivity index is 1.57. The summed E-state index contributed by atoms with van der Waals surface area (Å²) in [4.78, 5) is 36.3. The number of rotatable bonds is 6. The van der Waals surface area contributed by atoms with Gasteiger partial charge in [0.05, 0.1) is 17.8 Å². The van der Waals surface area contributed by atoms with E-state index in [1.165, 1.54) is 31.9 Å². The van der Waals surface area contributed by atoms with Crippen LogP contribution in [0.1, 0.15) is 33.9 Å². The Morgan fingerprint density at radius 1 is 1.31 bits per heavy atom. The SMILES string of the molecule is CSc1ncnc2c1ncn2[C@@H]1O[C@H](COC2(C)OC(=O)C(C)(C)O2)[C@H](Br)[C@H]1OC(C)=O. The summed E-state index contributed by atoms with van der Waals surface area (Å²) in [6, 6.07) is 0. The van der Waals surface area contributed by atoms with Crippen LogP contribution in [0.15, 0.2) is 17.7 Å². The van der Waals surface area contributed by atoms with E-state index in [1.54, 1.807) is 24.7 Å². The molecule has 2 saturated heterocycles. The number of nitrogens with zero attached hydrogens (tertiary/aromatic N) is 4. The van der Waals surface area contributed by atoms with Gasteiger partial charge in [-0.3, -0.25) is 14.1 Å². The largest absolute Gasteiger partial charge is 0.456 e. The van der Waals surface area contributed by atoms with Crippen LogP contribution in [-0.2, 0) is 33.3 Å². The van der Waals surface area contributed by atoms with Gasteiger partial charge in [0.1, 0.15) is 23.0 Å². The van der Waals surface area contributed by atoms with E-state index >= 15 is 0 Å². The summed E-state index contributed by atoms with van der Waals surface area (Å²) < 4.78 is 30.1. The van der Waals surface area contributed by atoms with E-state index in [-0.39, 0.29) is 6.61 Å². The van der Waals surface area contributed by atoms with Gasteiger partial charge in [-0.2, -0.15) is 0 Å². The number of carbonyl (C=O) groups excluding carboxylic acids is 2. The molecule has 4 heterocycles. The fraction of sp³-hybridized carbons (Fsp3) is 0.632. The topological polar surface area (TPSA) is 124 Å². The molecule has 1 unspecified atom stereocenters. The van der Waals surface area contributed by atoms with E-state index < -0.39 is 46.8 Å². The first-order valence-corrected chi connectivity index (χ1v) is 11.9. The molecular weight excluding hydrogens is 508 g/mol. The number of thioether (sulfide) groups is 1. The number of imidazole rings is 1. The maximum atomic E-state index is 12.0. The average molecular weight is 531 g/mol.